The van der Waals surface area contributed by atoms with Crippen LogP contribution in [0.25, 0.3) is 0 Å². The molecular formula is C14H13N3O4. The normalized spacial score (nSPS) is 12.2. The molecule has 1 aromatic carbocycles. The zero-order valence-corrected chi connectivity index (χ0v) is 11.6. The summed E-state index contributed by atoms with van der Waals surface area (Å²) >= 11 is 0. The van der Waals surface area contributed by atoms with Gasteiger partial charge in [0.15, 0.2) is 11.6 Å². The van der Waals surface area contributed by atoms with Crippen molar-refractivity contribution in [2.24, 2.45) is 0 Å². The van der Waals surface area contributed by atoms with Crippen LogP contribution in [-0.2, 0) is 9.47 Å². The average molecular weight is 287 g/mol. The van der Waals surface area contributed by atoms with E-state index < -0.39 is 5.97 Å². The van der Waals surface area contributed by atoms with Crippen LogP contribution in [0.4, 0.5) is 11.5 Å². The van der Waals surface area contributed by atoms with Gasteiger partial charge < -0.3 is 14.2 Å². The van der Waals surface area contributed by atoms with Gasteiger partial charge in [-0.3, -0.25) is 4.90 Å². The van der Waals surface area contributed by atoms with E-state index in [9.17, 15) is 4.79 Å². The van der Waals surface area contributed by atoms with Crippen molar-refractivity contribution in [3.8, 4) is 11.6 Å². The summed E-state index contributed by atoms with van der Waals surface area (Å²) in [5.74, 6) is 1.09. The van der Waals surface area contributed by atoms with Crippen LogP contribution in [0.15, 0.2) is 30.6 Å². The summed E-state index contributed by atoms with van der Waals surface area (Å²) in [5.41, 5.74) is 1.10. The average Bonchev–Trinajstić information content (AvgIpc) is 2.53. The fourth-order valence-corrected chi connectivity index (χ4v) is 2.11. The molecule has 7 nitrogen and oxygen atoms in total. The van der Waals surface area contributed by atoms with Gasteiger partial charge >= 0.3 is 5.97 Å². The second kappa shape index (κ2) is 5.37. The molecule has 3 rings (SSSR count). The third kappa shape index (κ3) is 2.27. The Labute approximate surface area is 121 Å². The number of carbonyl (C=O) groups is 1. The van der Waals surface area contributed by atoms with E-state index in [1.807, 2.05) is 0 Å². The van der Waals surface area contributed by atoms with Gasteiger partial charge in [-0.2, -0.15) is 0 Å². The number of nitrogens with zero attached hydrogens (tertiary/aromatic N) is 3. The molecule has 7 heteroatoms. The van der Waals surface area contributed by atoms with Crippen LogP contribution in [0.2, 0.25) is 0 Å². The number of hydrogen-bond acceptors (Lipinski definition) is 7. The number of methoxy groups -OCH3 is 2. The third-order valence-corrected chi connectivity index (χ3v) is 3.04. The maximum absolute atomic E-state index is 11.7. The molecule has 2 heterocycles. The molecule has 1 aromatic heterocycles. The molecule has 0 N–H and O–H groups in total. The van der Waals surface area contributed by atoms with Gasteiger partial charge in [-0.1, -0.05) is 0 Å². The van der Waals surface area contributed by atoms with Crippen LogP contribution in [0.5, 0.6) is 11.6 Å². The molecule has 0 radical (unpaired) electrons. The fourth-order valence-electron chi connectivity index (χ4n) is 2.11. The van der Waals surface area contributed by atoms with Gasteiger partial charge in [0.25, 0.3) is 5.88 Å². The smallest absolute Gasteiger partial charge is 0.337 e. The van der Waals surface area contributed by atoms with E-state index in [0.717, 1.165) is 0 Å². The summed E-state index contributed by atoms with van der Waals surface area (Å²) in [6, 6.07) is 5.01. The predicted octanol–water partition coefficient (Wildman–Crippen LogP) is 2.11. The molecule has 0 saturated carbocycles. The Hall–Kier alpha value is -2.67. The van der Waals surface area contributed by atoms with Crippen LogP contribution in [-0.4, -0.2) is 36.9 Å². The van der Waals surface area contributed by atoms with Gasteiger partial charge in [0.1, 0.15) is 6.73 Å². The number of benzene rings is 1. The first-order valence-electron chi connectivity index (χ1n) is 6.22. The van der Waals surface area contributed by atoms with Gasteiger partial charge in [0.05, 0.1) is 18.4 Å². The zero-order valence-electron chi connectivity index (χ0n) is 11.6. The number of anilines is 2. The lowest BCUT2D eigenvalue weighted by atomic mass is 10.1. The number of fused-ring (bicyclic) bond motifs is 2. The second-order valence-corrected chi connectivity index (χ2v) is 4.31. The molecule has 0 amide bonds. The lowest BCUT2D eigenvalue weighted by Gasteiger charge is -2.30. The molecule has 1 aliphatic rings. The van der Waals surface area contributed by atoms with Gasteiger partial charge in [-0.05, 0) is 18.2 Å². The minimum Gasteiger partial charge on any atom is -0.465 e. The highest BCUT2D eigenvalue weighted by Gasteiger charge is 2.27. The largest absolute Gasteiger partial charge is 0.465 e. The number of carbonyl (C=O) groups excluding carboxylic acids is 1. The zero-order chi connectivity index (χ0) is 14.8. The third-order valence-electron chi connectivity index (χ3n) is 3.04. The molecule has 108 valence electrons. The van der Waals surface area contributed by atoms with E-state index in [1.165, 1.54) is 7.11 Å². The molecule has 0 atom stereocenters. The van der Waals surface area contributed by atoms with Gasteiger partial charge in [0, 0.05) is 19.5 Å². The Balaban J connectivity index is 2.10. The van der Waals surface area contributed by atoms with Crippen molar-refractivity contribution in [2.45, 2.75) is 0 Å². The highest BCUT2D eigenvalue weighted by atomic mass is 16.5. The number of esters is 1. The molecule has 0 unspecified atom stereocenters. The van der Waals surface area contributed by atoms with Crippen molar-refractivity contribution in [1.82, 2.24) is 9.97 Å². The van der Waals surface area contributed by atoms with E-state index in [4.69, 9.17) is 14.2 Å². The summed E-state index contributed by atoms with van der Waals surface area (Å²) in [6.07, 6.45) is 3.12. The van der Waals surface area contributed by atoms with E-state index in [2.05, 4.69) is 9.97 Å². The summed E-state index contributed by atoms with van der Waals surface area (Å²) < 4.78 is 15.6. The van der Waals surface area contributed by atoms with Crippen LogP contribution < -0.4 is 9.64 Å². The molecule has 0 fully saturated rings. The molecule has 0 saturated heterocycles. The van der Waals surface area contributed by atoms with Crippen LogP contribution in [0.1, 0.15) is 10.4 Å². The van der Waals surface area contributed by atoms with Crippen LogP contribution in [0.3, 0.4) is 0 Å². The standard InChI is InChI=1S/C14H13N3O4/c1-19-8-17-10-7-9(14(18)20-2)3-4-11(10)21-13-12(17)15-5-6-16-13/h3-7H,8H2,1-2H3. The number of ether oxygens (including phenoxy) is 3. The first-order chi connectivity index (χ1) is 10.2. The summed E-state index contributed by atoms with van der Waals surface area (Å²) in [5, 5.41) is 0. The fraction of sp³-hybridized carbons (Fsp3) is 0.214. The van der Waals surface area contributed by atoms with Crippen molar-refractivity contribution in [1.29, 1.82) is 0 Å². The number of hydrogen-bond donors (Lipinski definition) is 0. The Morgan fingerprint density at radius 3 is 2.86 bits per heavy atom. The van der Waals surface area contributed by atoms with Crippen molar-refractivity contribution in [3.05, 3.63) is 36.2 Å². The van der Waals surface area contributed by atoms with Crippen molar-refractivity contribution >= 4 is 17.5 Å². The monoisotopic (exact) mass is 287 g/mol. The molecule has 0 bridgehead atoms. The minimum absolute atomic E-state index is 0.257. The predicted molar refractivity (Wildman–Crippen MR) is 73.9 cm³/mol. The highest BCUT2D eigenvalue weighted by Crippen LogP contribution is 2.44. The molecule has 2 aromatic rings. The summed E-state index contributed by atoms with van der Waals surface area (Å²) in [6.45, 7) is 0.257. The van der Waals surface area contributed by atoms with E-state index in [-0.39, 0.29) is 6.73 Å². The molecular weight excluding hydrogens is 274 g/mol. The van der Waals surface area contributed by atoms with E-state index >= 15 is 0 Å². The lowest BCUT2D eigenvalue weighted by molar-refractivity contribution is 0.0600. The maximum atomic E-state index is 11.7. The maximum Gasteiger partial charge on any atom is 0.337 e. The summed E-state index contributed by atoms with van der Waals surface area (Å²) in [7, 11) is 2.92. The SMILES string of the molecule is COCN1c2cc(C(=O)OC)ccc2Oc2nccnc21. The van der Waals surface area contributed by atoms with Crippen molar-refractivity contribution in [3.63, 3.8) is 0 Å². The van der Waals surface area contributed by atoms with E-state index in [1.54, 1.807) is 42.6 Å². The van der Waals surface area contributed by atoms with Gasteiger partial charge in [-0.25, -0.2) is 14.8 Å². The number of aromatic nitrogens is 2. The Bertz CT molecular complexity index is 690. The van der Waals surface area contributed by atoms with Crippen LogP contribution >= 0.6 is 0 Å². The second-order valence-electron chi connectivity index (χ2n) is 4.31. The Kier molecular flexibility index (Phi) is 3.41. The first kappa shape index (κ1) is 13.3. The Morgan fingerprint density at radius 1 is 1.29 bits per heavy atom. The van der Waals surface area contributed by atoms with Gasteiger partial charge in [-0.15, -0.1) is 0 Å². The Morgan fingerprint density at radius 2 is 2.10 bits per heavy atom. The molecule has 21 heavy (non-hydrogen) atoms. The van der Waals surface area contributed by atoms with Crippen molar-refractivity contribution in [2.75, 3.05) is 25.9 Å². The summed E-state index contributed by atoms with van der Waals surface area (Å²) in [4.78, 5) is 21.9. The highest BCUT2D eigenvalue weighted by molar-refractivity contribution is 5.92. The molecule has 0 spiro atoms. The topological polar surface area (TPSA) is 73.8 Å². The lowest BCUT2D eigenvalue weighted by Crippen LogP contribution is -2.25. The van der Waals surface area contributed by atoms with Gasteiger partial charge in [0.2, 0.25) is 0 Å². The van der Waals surface area contributed by atoms with E-state index in [0.29, 0.717) is 28.7 Å². The molecule has 0 aliphatic carbocycles. The minimum atomic E-state index is -0.417. The number of rotatable bonds is 3. The quantitative estimate of drug-likeness (QED) is 0.800. The van der Waals surface area contributed by atoms with Crippen molar-refractivity contribution < 1.29 is 19.0 Å². The molecule has 1 aliphatic heterocycles. The van der Waals surface area contributed by atoms with Crippen LogP contribution in [0, 0.1) is 0 Å². The first-order valence-corrected chi connectivity index (χ1v) is 6.22.